The van der Waals surface area contributed by atoms with Gasteiger partial charge in [0.25, 0.3) is 0 Å². The summed E-state index contributed by atoms with van der Waals surface area (Å²) in [5, 5.41) is 9.54. The van der Waals surface area contributed by atoms with Crippen LogP contribution in [-0.4, -0.2) is 24.1 Å². The Morgan fingerprint density at radius 1 is 0.293 bits per heavy atom. The third kappa shape index (κ3) is 5.00. The maximum atomic E-state index is 5.10. The summed E-state index contributed by atoms with van der Waals surface area (Å²) >= 11 is 0. The van der Waals surface area contributed by atoms with E-state index in [9.17, 15) is 0 Å². The van der Waals surface area contributed by atoms with Crippen molar-refractivity contribution in [1.29, 1.82) is 0 Å². The number of hydrogen-bond acceptors (Lipinski definition) is 3. The van der Waals surface area contributed by atoms with Crippen molar-refractivity contribution in [2.45, 2.75) is 0 Å². The van der Waals surface area contributed by atoms with Crippen molar-refractivity contribution in [2.24, 2.45) is 0 Å². The normalized spacial score (nSPS) is 11.8. The van der Waals surface area contributed by atoms with E-state index in [2.05, 4.69) is 149 Å². The minimum absolute atomic E-state index is 0.641. The zero-order chi connectivity index (χ0) is 38.2. The smallest absolute Gasteiger partial charge is 0.164 e. The van der Waals surface area contributed by atoms with E-state index in [1.54, 1.807) is 0 Å². The summed E-state index contributed by atoms with van der Waals surface area (Å²) in [6.07, 6.45) is 0. The average Bonchev–Trinajstić information content (AvgIpc) is 3.80. The van der Waals surface area contributed by atoms with Gasteiger partial charge in [0, 0.05) is 49.3 Å². The van der Waals surface area contributed by atoms with E-state index >= 15 is 0 Å². The van der Waals surface area contributed by atoms with Crippen molar-refractivity contribution < 1.29 is 0 Å². The first-order valence-electron chi connectivity index (χ1n) is 19.6. The largest absolute Gasteiger partial charge is 0.309 e. The van der Waals surface area contributed by atoms with Gasteiger partial charge in [0.1, 0.15) is 0 Å². The lowest BCUT2D eigenvalue weighted by atomic mass is 10.0. The molecule has 0 N–H and O–H groups in total. The number of aromatic nitrogens is 5. The average molecular weight is 740 g/mol. The minimum atomic E-state index is 0.641. The number of hydrogen-bond donors (Lipinski definition) is 0. The van der Waals surface area contributed by atoms with Crippen LogP contribution in [-0.2, 0) is 0 Å². The summed E-state index contributed by atoms with van der Waals surface area (Å²) in [5.41, 5.74) is 9.85. The quantitative estimate of drug-likeness (QED) is 0.177. The monoisotopic (exact) mass is 739 g/mol. The zero-order valence-corrected chi connectivity index (χ0v) is 31.3. The number of para-hydroxylation sites is 3. The van der Waals surface area contributed by atoms with Crippen molar-refractivity contribution >= 4 is 65.2 Å². The third-order valence-electron chi connectivity index (χ3n) is 11.5. The SMILES string of the molecule is c1ccc(-c2nc(-c3ccccc3)nc(-c3ccc(-n4c5ccccc5c5cc6cc(-n7c8ccccc8c8ccccc87)ccc6cc54)c4ccccc34)n2)cc1. The fourth-order valence-corrected chi connectivity index (χ4v) is 8.90. The molecule has 0 aliphatic heterocycles. The Morgan fingerprint density at radius 3 is 1.41 bits per heavy atom. The second kappa shape index (κ2) is 12.8. The van der Waals surface area contributed by atoms with Gasteiger partial charge in [0.15, 0.2) is 17.5 Å². The molecule has 5 nitrogen and oxygen atoms in total. The first-order chi connectivity index (χ1) is 28.8. The van der Waals surface area contributed by atoms with Gasteiger partial charge in [-0.1, -0.05) is 146 Å². The molecule has 58 heavy (non-hydrogen) atoms. The Balaban J connectivity index is 1.06. The highest BCUT2D eigenvalue weighted by Crippen LogP contribution is 2.40. The van der Waals surface area contributed by atoms with Crippen molar-refractivity contribution in [3.8, 4) is 45.5 Å². The van der Waals surface area contributed by atoms with Gasteiger partial charge >= 0.3 is 0 Å². The highest BCUT2D eigenvalue weighted by Gasteiger charge is 2.20. The van der Waals surface area contributed by atoms with Crippen molar-refractivity contribution in [3.05, 3.63) is 200 Å². The molecular formula is C53H33N5. The van der Waals surface area contributed by atoms with E-state index in [-0.39, 0.29) is 0 Å². The molecule has 270 valence electrons. The maximum absolute atomic E-state index is 5.10. The van der Waals surface area contributed by atoms with Gasteiger partial charge in [0.2, 0.25) is 0 Å². The molecule has 0 amide bonds. The molecule has 9 aromatic carbocycles. The van der Waals surface area contributed by atoms with Crippen LogP contribution in [0.3, 0.4) is 0 Å². The fourth-order valence-electron chi connectivity index (χ4n) is 8.90. The molecule has 0 atom stereocenters. The highest BCUT2D eigenvalue weighted by atomic mass is 15.0. The van der Waals surface area contributed by atoms with Crippen LogP contribution in [0.4, 0.5) is 0 Å². The lowest BCUT2D eigenvalue weighted by molar-refractivity contribution is 1.08. The van der Waals surface area contributed by atoms with E-state index < -0.39 is 0 Å². The molecule has 0 spiro atoms. The summed E-state index contributed by atoms with van der Waals surface area (Å²) in [4.78, 5) is 15.2. The molecular weight excluding hydrogens is 707 g/mol. The van der Waals surface area contributed by atoms with Crippen molar-refractivity contribution in [1.82, 2.24) is 24.1 Å². The first kappa shape index (κ1) is 32.4. The molecule has 0 saturated carbocycles. The first-order valence-corrected chi connectivity index (χ1v) is 19.6. The van der Waals surface area contributed by atoms with Crippen LogP contribution >= 0.6 is 0 Å². The van der Waals surface area contributed by atoms with Gasteiger partial charge in [0.05, 0.1) is 27.8 Å². The second-order valence-electron chi connectivity index (χ2n) is 14.8. The zero-order valence-electron chi connectivity index (χ0n) is 31.3. The van der Waals surface area contributed by atoms with E-state index in [1.807, 2.05) is 60.7 Å². The summed E-state index contributed by atoms with van der Waals surface area (Å²) in [6.45, 7) is 0. The maximum Gasteiger partial charge on any atom is 0.164 e. The molecule has 3 aromatic heterocycles. The molecule has 5 heteroatoms. The van der Waals surface area contributed by atoms with Gasteiger partial charge in [-0.25, -0.2) is 15.0 Å². The molecule has 12 rings (SSSR count). The van der Waals surface area contributed by atoms with Gasteiger partial charge in [-0.3, -0.25) is 0 Å². The summed E-state index contributed by atoms with van der Waals surface area (Å²) < 4.78 is 4.82. The summed E-state index contributed by atoms with van der Waals surface area (Å²) in [7, 11) is 0. The fraction of sp³-hybridized carbons (Fsp3) is 0. The van der Waals surface area contributed by atoms with Crippen LogP contribution in [0.15, 0.2) is 200 Å². The predicted molar refractivity (Wildman–Crippen MR) is 240 cm³/mol. The molecule has 12 aromatic rings. The molecule has 0 aliphatic rings. The van der Waals surface area contributed by atoms with Gasteiger partial charge in [-0.2, -0.15) is 0 Å². The Labute approximate surface area is 333 Å². The van der Waals surface area contributed by atoms with Crippen LogP contribution in [0.2, 0.25) is 0 Å². The highest BCUT2D eigenvalue weighted by molar-refractivity contribution is 6.15. The summed E-state index contributed by atoms with van der Waals surface area (Å²) in [6, 6.07) is 71.0. The van der Waals surface area contributed by atoms with E-state index in [1.165, 1.54) is 43.4 Å². The minimum Gasteiger partial charge on any atom is -0.309 e. The third-order valence-corrected chi connectivity index (χ3v) is 11.5. The summed E-state index contributed by atoms with van der Waals surface area (Å²) in [5.74, 6) is 1.93. The van der Waals surface area contributed by atoms with Crippen molar-refractivity contribution in [2.75, 3.05) is 0 Å². The van der Waals surface area contributed by atoms with Gasteiger partial charge < -0.3 is 9.13 Å². The predicted octanol–water partition coefficient (Wildman–Crippen LogP) is 13.4. The second-order valence-corrected chi connectivity index (χ2v) is 14.8. The number of rotatable bonds is 5. The molecule has 0 bridgehead atoms. The van der Waals surface area contributed by atoms with Crippen LogP contribution < -0.4 is 0 Å². The number of fused-ring (bicyclic) bond motifs is 8. The number of benzene rings is 9. The molecule has 0 radical (unpaired) electrons. The molecule has 0 fully saturated rings. The Kier molecular flexibility index (Phi) is 7.16. The van der Waals surface area contributed by atoms with E-state index in [0.717, 1.165) is 49.9 Å². The molecule has 3 heterocycles. The van der Waals surface area contributed by atoms with Crippen LogP contribution in [0.5, 0.6) is 0 Å². The van der Waals surface area contributed by atoms with Crippen LogP contribution in [0.1, 0.15) is 0 Å². The lowest BCUT2D eigenvalue weighted by Crippen LogP contribution is -2.01. The van der Waals surface area contributed by atoms with Crippen LogP contribution in [0, 0.1) is 0 Å². The Bertz CT molecular complexity index is 3450. The van der Waals surface area contributed by atoms with Gasteiger partial charge in [-0.05, 0) is 70.8 Å². The topological polar surface area (TPSA) is 48.5 Å². The van der Waals surface area contributed by atoms with Gasteiger partial charge in [-0.15, -0.1) is 0 Å². The lowest BCUT2D eigenvalue weighted by Gasteiger charge is -2.15. The van der Waals surface area contributed by atoms with Crippen molar-refractivity contribution in [3.63, 3.8) is 0 Å². The Hall–Kier alpha value is -7.89. The van der Waals surface area contributed by atoms with Crippen LogP contribution in [0.25, 0.3) is 111 Å². The van der Waals surface area contributed by atoms with E-state index in [4.69, 9.17) is 15.0 Å². The molecule has 0 saturated heterocycles. The molecule has 0 aliphatic carbocycles. The number of nitrogens with zero attached hydrogens (tertiary/aromatic N) is 5. The standard InChI is InChI=1S/C53H33N5/c1-3-15-34(16-4-1)51-54-52(35-17-5-2-6-18-35)56-53(55-51)44-29-30-49(40-20-8-7-19-39(40)44)58-48-26-14-11-23-43(48)45-32-37-31-38(28-27-36(37)33-50(45)58)57-46-24-12-9-21-41(46)42-22-10-13-25-47(42)57/h1-33H. The molecule has 0 unspecified atom stereocenters. The van der Waals surface area contributed by atoms with E-state index in [0.29, 0.717) is 17.5 Å². The Morgan fingerprint density at radius 2 is 0.793 bits per heavy atom.